The molecule has 1 aliphatic heterocycles. The number of hydrogen-bond donors (Lipinski definition) is 1. The summed E-state index contributed by atoms with van der Waals surface area (Å²) in [7, 11) is 0. The van der Waals surface area contributed by atoms with Crippen LogP contribution in [-0.2, 0) is 19.7 Å². The van der Waals surface area contributed by atoms with E-state index >= 15 is 0 Å². The van der Waals surface area contributed by atoms with E-state index in [0.29, 0.717) is 11.6 Å². The summed E-state index contributed by atoms with van der Waals surface area (Å²) in [5, 5.41) is 17.2. The molecule has 1 unspecified atom stereocenters. The smallest absolute Gasteiger partial charge is 0.108 e. The number of likely N-dealkylation sites (tertiary alicyclic amines) is 1. The van der Waals surface area contributed by atoms with Gasteiger partial charge in [0.05, 0.1) is 24.7 Å². The minimum absolute atomic E-state index is 0.0534. The standard InChI is InChI=1S/C19H24N6O/c26-15-17-13-24(22-21-17)12-16-4-2-8-23(11-16)14-19-6-3-9-25(19)18-5-1-7-20-10-18/h1,3,5-7,9-10,13,16,26H,2,4,8,11-12,14-15H2. The van der Waals surface area contributed by atoms with E-state index in [-0.39, 0.29) is 6.61 Å². The highest BCUT2D eigenvalue weighted by molar-refractivity contribution is 5.32. The van der Waals surface area contributed by atoms with Gasteiger partial charge in [-0.05, 0) is 49.6 Å². The third kappa shape index (κ3) is 3.84. The van der Waals surface area contributed by atoms with Gasteiger partial charge in [0, 0.05) is 37.7 Å². The normalized spacial score (nSPS) is 18.3. The first-order chi connectivity index (χ1) is 12.8. The number of nitrogens with zero attached hydrogens (tertiary/aromatic N) is 6. The number of hydrogen-bond acceptors (Lipinski definition) is 5. The lowest BCUT2D eigenvalue weighted by Gasteiger charge is -2.32. The largest absolute Gasteiger partial charge is 0.390 e. The van der Waals surface area contributed by atoms with Gasteiger partial charge in [0.2, 0.25) is 0 Å². The van der Waals surface area contributed by atoms with Gasteiger partial charge in [-0.15, -0.1) is 5.10 Å². The van der Waals surface area contributed by atoms with Crippen molar-refractivity contribution in [1.82, 2.24) is 29.4 Å². The third-order valence-electron chi connectivity index (χ3n) is 4.94. The summed E-state index contributed by atoms with van der Waals surface area (Å²) in [6.45, 7) is 3.90. The molecule has 26 heavy (non-hydrogen) atoms. The van der Waals surface area contributed by atoms with Gasteiger partial charge < -0.3 is 9.67 Å². The van der Waals surface area contributed by atoms with Crippen molar-refractivity contribution in [2.75, 3.05) is 13.1 Å². The molecular weight excluding hydrogens is 328 g/mol. The molecule has 1 fully saturated rings. The van der Waals surface area contributed by atoms with E-state index in [4.69, 9.17) is 5.11 Å². The molecule has 1 saturated heterocycles. The number of pyridine rings is 1. The maximum Gasteiger partial charge on any atom is 0.108 e. The molecule has 0 radical (unpaired) electrons. The molecule has 4 heterocycles. The molecule has 0 bridgehead atoms. The van der Waals surface area contributed by atoms with Crippen LogP contribution in [0.5, 0.6) is 0 Å². The van der Waals surface area contributed by atoms with Crippen LogP contribution in [0.4, 0.5) is 0 Å². The lowest BCUT2D eigenvalue weighted by atomic mass is 9.98. The van der Waals surface area contributed by atoms with Crippen LogP contribution in [0.2, 0.25) is 0 Å². The van der Waals surface area contributed by atoms with E-state index < -0.39 is 0 Å². The van der Waals surface area contributed by atoms with Crippen LogP contribution in [0, 0.1) is 5.92 Å². The Hall–Kier alpha value is -2.51. The summed E-state index contributed by atoms with van der Waals surface area (Å²) in [5.41, 5.74) is 3.01. The second kappa shape index (κ2) is 7.80. The molecule has 4 rings (SSSR count). The van der Waals surface area contributed by atoms with E-state index in [1.54, 1.807) is 6.20 Å². The molecule has 7 heteroatoms. The van der Waals surface area contributed by atoms with Gasteiger partial charge >= 0.3 is 0 Å². The number of aliphatic hydroxyl groups excluding tert-OH is 1. The average Bonchev–Trinajstić information content (AvgIpc) is 3.32. The molecule has 1 N–H and O–H groups in total. The van der Waals surface area contributed by atoms with E-state index in [1.165, 1.54) is 18.5 Å². The lowest BCUT2D eigenvalue weighted by Crippen LogP contribution is -2.37. The highest BCUT2D eigenvalue weighted by Gasteiger charge is 2.21. The summed E-state index contributed by atoms with van der Waals surface area (Å²) in [6.07, 6.45) is 10.0. The highest BCUT2D eigenvalue weighted by atomic mass is 16.3. The molecule has 0 saturated carbocycles. The average molecular weight is 352 g/mol. The van der Waals surface area contributed by atoms with Gasteiger partial charge in [0.25, 0.3) is 0 Å². The second-order valence-corrected chi connectivity index (χ2v) is 6.91. The Morgan fingerprint density at radius 2 is 2.19 bits per heavy atom. The first-order valence-corrected chi connectivity index (χ1v) is 9.10. The lowest BCUT2D eigenvalue weighted by molar-refractivity contribution is 0.151. The molecule has 1 atom stereocenters. The summed E-state index contributed by atoms with van der Waals surface area (Å²) in [4.78, 5) is 6.74. The van der Waals surface area contributed by atoms with Crippen LogP contribution in [0.1, 0.15) is 24.2 Å². The van der Waals surface area contributed by atoms with Crippen molar-refractivity contribution < 1.29 is 5.11 Å². The highest BCUT2D eigenvalue weighted by Crippen LogP contribution is 2.21. The van der Waals surface area contributed by atoms with Gasteiger partial charge in [-0.2, -0.15) is 0 Å². The van der Waals surface area contributed by atoms with Crippen molar-refractivity contribution in [1.29, 1.82) is 0 Å². The maximum atomic E-state index is 9.13. The molecule has 0 aromatic carbocycles. The van der Waals surface area contributed by atoms with E-state index in [1.807, 2.05) is 23.1 Å². The molecule has 0 spiro atoms. The zero-order valence-corrected chi connectivity index (χ0v) is 14.8. The summed E-state index contributed by atoms with van der Waals surface area (Å²) in [6, 6.07) is 8.32. The monoisotopic (exact) mass is 352 g/mol. The fourth-order valence-electron chi connectivity index (χ4n) is 3.73. The molecule has 0 aliphatic carbocycles. The Bertz CT molecular complexity index is 827. The molecule has 3 aromatic heterocycles. The van der Waals surface area contributed by atoms with Crippen LogP contribution in [0.3, 0.4) is 0 Å². The van der Waals surface area contributed by atoms with Gasteiger partial charge in [-0.1, -0.05) is 5.21 Å². The molecule has 0 amide bonds. The maximum absolute atomic E-state index is 9.13. The SMILES string of the molecule is OCc1cn(CC2CCCN(Cc3cccn3-c3cccnc3)C2)nn1. The number of piperidine rings is 1. The van der Waals surface area contributed by atoms with Crippen molar-refractivity contribution in [2.24, 2.45) is 5.92 Å². The predicted molar refractivity (Wildman–Crippen MR) is 97.5 cm³/mol. The Labute approximate surface area is 152 Å². The van der Waals surface area contributed by atoms with E-state index in [0.717, 1.165) is 31.9 Å². The van der Waals surface area contributed by atoms with Crippen LogP contribution in [0.25, 0.3) is 5.69 Å². The second-order valence-electron chi connectivity index (χ2n) is 6.91. The quantitative estimate of drug-likeness (QED) is 0.733. The fraction of sp³-hybridized carbons (Fsp3) is 0.421. The fourth-order valence-corrected chi connectivity index (χ4v) is 3.73. The van der Waals surface area contributed by atoms with Crippen molar-refractivity contribution in [3.05, 3.63) is 60.4 Å². The van der Waals surface area contributed by atoms with Gasteiger partial charge in [0.15, 0.2) is 0 Å². The number of aromatic nitrogens is 5. The summed E-state index contributed by atoms with van der Waals surface area (Å²) >= 11 is 0. The number of aliphatic hydroxyl groups is 1. The molecule has 1 aliphatic rings. The molecule has 136 valence electrons. The Balaban J connectivity index is 1.40. The Morgan fingerprint density at radius 3 is 3.00 bits per heavy atom. The van der Waals surface area contributed by atoms with Crippen molar-refractivity contribution in [3.63, 3.8) is 0 Å². The Morgan fingerprint density at radius 1 is 1.23 bits per heavy atom. The van der Waals surface area contributed by atoms with Crippen LogP contribution in [0.15, 0.2) is 49.1 Å². The van der Waals surface area contributed by atoms with E-state index in [9.17, 15) is 0 Å². The zero-order valence-electron chi connectivity index (χ0n) is 14.8. The zero-order chi connectivity index (χ0) is 17.8. The minimum atomic E-state index is -0.0534. The topological polar surface area (TPSA) is 72.0 Å². The van der Waals surface area contributed by atoms with Gasteiger partial charge in [-0.25, -0.2) is 0 Å². The van der Waals surface area contributed by atoms with Crippen LogP contribution >= 0.6 is 0 Å². The van der Waals surface area contributed by atoms with Crippen molar-refractivity contribution in [2.45, 2.75) is 32.5 Å². The van der Waals surface area contributed by atoms with Crippen LogP contribution < -0.4 is 0 Å². The molecular formula is C19H24N6O. The first kappa shape index (κ1) is 16.9. The molecule has 3 aromatic rings. The minimum Gasteiger partial charge on any atom is -0.390 e. The van der Waals surface area contributed by atoms with Crippen molar-refractivity contribution in [3.8, 4) is 5.69 Å². The van der Waals surface area contributed by atoms with Gasteiger partial charge in [-0.3, -0.25) is 14.6 Å². The summed E-state index contributed by atoms with van der Waals surface area (Å²) < 4.78 is 4.07. The third-order valence-corrected chi connectivity index (χ3v) is 4.94. The van der Waals surface area contributed by atoms with E-state index in [2.05, 4.69) is 49.2 Å². The first-order valence-electron chi connectivity index (χ1n) is 9.10. The van der Waals surface area contributed by atoms with Crippen LogP contribution in [-0.4, -0.2) is 47.6 Å². The van der Waals surface area contributed by atoms with Gasteiger partial charge in [0.1, 0.15) is 5.69 Å². The van der Waals surface area contributed by atoms with Crippen molar-refractivity contribution >= 4 is 0 Å². The Kier molecular flexibility index (Phi) is 5.08. The number of rotatable bonds is 6. The summed E-state index contributed by atoms with van der Waals surface area (Å²) in [5.74, 6) is 0.554. The molecule has 7 nitrogen and oxygen atoms in total. The predicted octanol–water partition coefficient (Wildman–Crippen LogP) is 1.87.